The maximum Gasteiger partial charge on any atom is 0.171 e. The molecule has 1 fully saturated rings. The normalized spacial score (nSPS) is 19.4. The minimum atomic E-state index is -1.00. The van der Waals surface area contributed by atoms with E-state index < -0.39 is 11.4 Å². The Hall–Kier alpha value is -1.09. The van der Waals surface area contributed by atoms with Crippen LogP contribution in [0.2, 0.25) is 0 Å². The fourth-order valence-electron chi connectivity index (χ4n) is 2.43. The van der Waals surface area contributed by atoms with E-state index in [9.17, 15) is 9.50 Å². The van der Waals surface area contributed by atoms with Crippen LogP contribution in [0.15, 0.2) is 18.2 Å². The lowest BCUT2D eigenvalue weighted by Crippen LogP contribution is -2.29. The Labute approximate surface area is 95.1 Å². The lowest BCUT2D eigenvalue weighted by atomic mass is 9.79. The van der Waals surface area contributed by atoms with Crippen LogP contribution in [0.1, 0.15) is 37.7 Å². The molecule has 0 radical (unpaired) electrons. The highest BCUT2D eigenvalue weighted by Gasteiger charge is 2.34. The molecule has 1 N–H and O–H groups in total. The second-order valence-corrected chi connectivity index (χ2v) is 4.41. The lowest BCUT2D eigenvalue weighted by Gasteiger charge is -2.32. The van der Waals surface area contributed by atoms with Crippen LogP contribution in [0.4, 0.5) is 4.39 Å². The van der Waals surface area contributed by atoms with Crippen LogP contribution in [-0.2, 0) is 5.60 Å². The molecular weight excluding hydrogens is 207 g/mol. The zero-order valence-corrected chi connectivity index (χ0v) is 9.50. The van der Waals surface area contributed by atoms with Gasteiger partial charge in [-0.15, -0.1) is 0 Å². The molecule has 1 aliphatic carbocycles. The Kier molecular flexibility index (Phi) is 3.15. The third kappa shape index (κ3) is 1.92. The third-order valence-electron chi connectivity index (χ3n) is 3.37. The second-order valence-electron chi connectivity index (χ2n) is 4.41. The van der Waals surface area contributed by atoms with E-state index in [0.717, 1.165) is 19.3 Å². The van der Waals surface area contributed by atoms with E-state index in [-0.39, 0.29) is 5.75 Å². The van der Waals surface area contributed by atoms with Crippen LogP contribution in [-0.4, -0.2) is 12.2 Å². The Morgan fingerprint density at radius 2 is 1.94 bits per heavy atom. The third-order valence-corrected chi connectivity index (χ3v) is 3.37. The fraction of sp³-hybridized carbons (Fsp3) is 0.538. The van der Waals surface area contributed by atoms with Gasteiger partial charge in [0.15, 0.2) is 11.6 Å². The largest absolute Gasteiger partial charge is 0.494 e. The van der Waals surface area contributed by atoms with Gasteiger partial charge >= 0.3 is 0 Å². The maximum absolute atomic E-state index is 14.0. The summed E-state index contributed by atoms with van der Waals surface area (Å²) in [5.74, 6) is -0.217. The smallest absolute Gasteiger partial charge is 0.171 e. The van der Waals surface area contributed by atoms with Crippen LogP contribution in [0, 0.1) is 5.82 Å². The molecule has 1 aromatic rings. The molecule has 0 aromatic heterocycles. The van der Waals surface area contributed by atoms with Crippen molar-refractivity contribution in [1.82, 2.24) is 0 Å². The number of halogens is 1. The van der Waals surface area contributed by atoms with Crippen LogP contribution in [0.3, 0.4) is 0 Å². The van der Waals surface area contributed by atoms with Crippen molar-refractivity contribution in [2.24, 2.45) is 0 Å². The summed E-state index contributed by atoms with van der Waals surface area (Å²) in [6.45, 7) is 0. The lowest BCUT2D eigenvalue weighted by molar-refractivity contribution is -0.00408. The summed E-state index contributed by atoms with van der Waals surface area (Å²) in [4.78, 5) is 0. The number of rotatable bonds is 2. The quantitative estimate of drug-likeness (QED) is 0.836. The standard InChI is InChI=1S/C13H17FO2/c1-16-11-7-5-6-10(12(11)14)13(15)8-3-2-4-9-13/h5-7,15H,2-4,8-9H2,1H3. The first-order chi connectivity index (χ1) is 7.67. The minimum absolute atomic E-state index is 0.205. The second kappa shape index (κ2) is 4.42. The van der Waals surface area contributed by atoms with Gasteiger partial charge in [-0.25, -0.2) is 4.39 Å². The average molecular weight is 224 g/mol. The van der Waals surface area contributed by atoms with E-state index in [1.165, 1.54) is 7.11 Å². The summed E-state index contributed by atoms with van der Waals surface area (Å²) in [5, 5.41) is 10.4. The predicted molar refractivity (Wildman–Crippen MR) is 59.9 cm³/mol. The summed E-state index contributed by atoms with van der Waals surface area (Å²) in [5.41, 5.74) is -0.622. The van der Waals surface area contributed by atoms with Crippen molar-refractivity contribution in [3.63, 3.8) is 0 Å². The molecule has 2 rings (SSSR count). The molecule has 0 unspecified atom stereocenters. The Balaban J connectivity index is 2.38. The molecule has 0 amide bonds. The molecule has 0 aliphatic heterocycles. The molecule has 1 aromatic carbocycles. The molecule has 16 heavy (non-hydrogen) atoms. The van der Waals surface area contributed by atoms with Crippen molar-refractivity contribution in [3.8, 4) is 5.75 Å². The molecular formula is C13H17FO2. The van der Waals surface area contributed by atoms with Gasteiger partial charge in [0, 0.05) is 5.56 Å². The van der Waals surface area contributed by atoms with E-state index in [2.05, 4.69) is 0 Å². The molecule has 0 spiro atoms. The highest BCUT2D eigenvalue weighted by molar-refractivity contribution is 5.34. The zero-order valence-electron chi connectivity index (χ0n) is 9.50. The van der Waals surface area contributed by atoms with E-state index in [0.29, 0.717) is 18.4 Å². The van der Waals surface area contributed by atoms with Gasteiger partial charge < -0.3 is 9.84 Å². The molecule has 0 saturated heterocycles. The first-order valence-corrected chi connectivity index (χ1v) is 5.73. The van der Waals surface area contributed by atoms with Gasteiger partial charge in [0.25, 0.3) is 0 Å². The van der Waals surface area contributed by atoms with Crippen molar-refractivity contribution >= 4 is 0 Å². The molecule has 2 nitrogen and oxygen atoms in total. The van der Waals surface area contributed by atoms with Crippen molar-refractivity contribution in [3.05, 3.63) is 29.6 Å². The van der Waals surface area contributed by atoms with Crippen LogP contribution < -0.4 is 4.74 Å². The van der Waals surface area contributed by atoms with Gasteiger partial charge in [-0.2, -0.15) is 0 Å². The average Bonchev–Trinajstić information content (AvgIpc) is 2.30. The number of ether oxygens (including phenoxy) is 1. The van der Waals surface area contributed by atoms with Crippen molar-refractivity contribution in [1.29, 1.82) is 0 Å². The topological polar surface area (TPSA) is 29.5 Å². The van der Waals surface area contributed by atoms with Gasteiger partial charge in [0.2, 0.25) is 0 Å². The fourth-order valence-corrected chi connectivity index (χ4v) is 2.43. The van der Waals surface area contributed by atoms with E-state index in [4.69, 9.17) is 4.74 Å². The Bertz CT molecular complexity index is 370. The van der Waals surface area contributed by atoms with Gasteiger partial charge in [0.1, 0.15) is 0 Å². The van der Waals surface area contributed by atoms with Crippen LogP contribution in [0.25, 0.3) is 0 Å². The highest BCUT2D eigenvalue weighted by atomic mass is 19.1. The van der Waals surface area contributed by atoms with Crippen molar-refractivity contribution < 1.29 is 14.2 Å². The van der Waals surface area contributed by atoms with Crippen molar-refractivity contribution in [2.45, 2.75) is 37.7 Å². The molecule has 1 saturated carbocycles. The summed E-state index contributed by atoms with van der Waals surface area (Å²) in [7, 11) is 1.44. The number of hydrogen-bond donors (Lipinski definition) is 1. The van der Waals surface area contributed by atoms with E-state index in [1.54, 1.807) is 18.2 Å². The molecule has 88 valence electrons. The summed E-state index contributed by atoms with van der Waals surface area (Å²) in [6.07, 6.45) is 4.29. The number of benzene rings is 1. The van der Waals surface area contributed by atoms with E-state index >= 15 is 0 Å². The SMILES string of the molecule is COc1cccc(C2(O)CCCCC2)c1F. The van der Waals surface area contributed by atoms with Gasteiger partial charge in [-0.05, 0) is 18.9 Å². The van der Waals surface area contributed by atoms with Gasteiger partial charge in [0.05, 0.1) is 12.7 Å². The van der Waals surface area contributed by atoms with E-state index in [1.807, 2.05) is 0 Å². The minimum Gasteiger partial charge on any atom is -0.494 e. The first kappa shape index (κ1) is 11.4. The highest BCUT2D eigenvalue weighted by Crippen LogP contribution is 2.39. The van der Waals surface area contributed by atoms with Crippen LogP contribution >= 0.6 is 0 Å². The molecule has 0 heterocycles. The monoisotopic (exact) mass is 224 g/mol. The summed E-state index contributed by atoms with van der Waals surface area (Å²) in [6, 6.07) is 4.96. The van der Waals surface area contributed by atoms with Gasteiger partial charge in [-0.3, -0.25) is 0 Å². The molecule has 3 heteroatoms. The Morgan fingerprint density at radius 1 is 1.25 bits per heavy atom. The number of aliphatic hydroxyl groups is 1. The van der Waals surface area contributed by atoms with Crippen molar-refractivity contribution in [2.75, 3.05) is 7.11 Å². The predicted octanol–water partition coefficient (Wildman–Crippen LogP) is 2.99. The van der Waals surface area contributed by atoms with Crippen LogP contribution in [0.5, 0.6) is 5.75 Å². The first-order valence-electron chi connectivity index (χ1n) is 5.73. The number of methoxy groups -OCH3 is 1. The van der Waals surface area contributed by atoms with Gasteiger partial charge in [-0.1, -0.05) is 31.4 Å². The summed E-state index contributed by atoms with van der Waals surface area (Å²) >= 11 is 0. The number of hydrogen-bond acceptors (Lipinski definition) is 2. The molecule has 1 aliphatic rings. The zero-order chi connectivity index (χ0) is 11.6. The molecule has 0 atom stereocenters. The Morgan fingerprint density at radius 3 is 2.56 bits per heavy atom. The maximum atomic E-state index is 14.0. The summed E-state index contributed by atoms with van der Waals surface area (Å²) < 4.78 is 19.0. The molecule has 0 bridgehead atoms.